The molecule has 0 saturated carbocycles. The number of hydrogen-bond acceptors (Lipinski definition) is 4. The Balaban J connectivity index is 0.00000192. The lowest BCUT2D eigenvalue weighted by Gasteiger charge is -2.13. The summed E-state index contributed by atoms with van der Waals surface area (Å²) in [7, 11) is 3.83. The van der Waals surface area contributed by atoms with Gasteiger partial charge in [0.2, 0.25) is 0 Å². The summed E-state index contributed by atoms with van der Waals surface area (Å²) in [6.07, 6.45) is 1.47. The molecule has 0 aliphatic carbocycles. The highest BCUT2D eigenvalue weighted by molar-refractivity contribution is 6.16. The number of aromatic hydroxyl groups is 1. The Morgan fingerprint density at radius 2 is 1.83 bits per heavy atom. The molecule has 0 fully saturated rings. The lowest BCUT2D eigenvalue weighted by atomic mass is 9.98. The molecule has 1 heterocycles. The van der Waals surface area contributed by atoms with Crippen molar-refractivity contribution in [3.63, 3.8) is 0 Å². The monoisotopic (exact) mass is 331 g/mol. The molecular weight excluding hydrogens is 314 g/mol. The highest BCUT2D eigenvalue weighted by Gasteiger charge is 2.20. The Hall–Kier alpha value is -2.30. The van der Waals surface area contributed by atoms with Gasteiger partial charge >= 0.3 is 0 Å². The topological polar surface area (TPSA) is 53.7 Å². The van der Waals surface area contributed by atoms with Gasteiger partial charge in [-0.2, -0.15) is 0 Å². The summed E-state index contributed by atoms with van der Waals surface area (Å²) in [4.78, 5) is 14.7. The first kappa shape index (κ1) is 17.1. The molecule has 3 rings (SSSR count). The molecule has 0 aliphatic heterocycles. The summed E-state index contributed by atoms with van der Waals surface area (Å²) in [5.41, 5.74) is 2.39. The fourth-order valence-corrected chi connectivity index (χ4v) is 2.58. The molecule has 0 aliphatic rings. The van der Waals surface area contributed by atoms with Crippen molar-refractivity contribution in [2.24, 2.45) is 0 Å². The predicted molar refractivity (Wildman–Crippen MR) is 92.4 cm³/mol. The average Bonchev–Trinajstić information content (AvgIpc) is 2.94. The molecule has 0 unspecified atom stereocenters. The van der Waals surface area contributed by atoms with Crippen LogP contribution in [-0.2, 0) is 6.54 Å². The van der Waals surface area contributed by atoms with Crippen molar-refractivity contribution in [3.05, 3.63) is 65.4 Å². The van der Waals surface area contributed by atoms with Crippen molar-refractivity contribution in [3.8, 4) is 5.75 Å². The summed E-state index contributed by atoms with van der Waals surface area (Å²) in [6.45, 7) is 0.526. The Labute approximate surface area is 140 Å². The number of ketones is 1. The highest BCUT2D eigenvalue weighted by Crippen LogP contribution is 2.33. The quantitative estimate of drug-likeness (QED) is 0.738. The normalized spacial score (nSPS) is 10.7. The minimum atomic E-state index is -0.107. The number of halogens is 1. The van der Waals surface area contributed by atoms with Gasteiger partial charge in [-0.15, -0.1) is 12.4 Å². The van der Waals surface area contributed by atoms with Gasteiger partial charge in [0.15, 0.2) is 5.78 Å². The number of carbonyl (C=O) groups excluding carboxylic acids is 1. The third-order valence-electron chi connectivity index (χ3n) is 3.58. The van der Waals surface area contributed by atoms with E-state index in [9.17, 15) is 9.90 Å². The van der Waals surface area contributed by atoms with Crippen LogP contribution in [0.1, 0.15) is 21.5 Å². The van der Waals surface area contributed by atoms with Gasteiger partial charge in [-0.25, -0.2) is 0 Å². The number of nitrogens with zero attached hydrogens (tertiary/aromatic N) is 1. The van der Waals surface area contributed by atoms with E-state index >= 15 is 0 Å². The first-order valence-corrected chi connectivity index (χ1v) is 7.04. The van der Waals surface area contributed by atoms with Crippen LogP contribution < -0.4 is 0 Å². The molecule has 1 aromatic heterocycles. The Morgan fingerprint density at radius 1 is 1.13 bits per heavy atom. The number of benzene rings is 2. The number of hydrogen-bond donors (Lipinski definition) is 1. The van der Waals surface area contributed by atoms with Gasteiger partial charge in [0.05, 0.1) is 5.56 Å². The fourth-order valence-electron chi connectivity index (χ4n) is 2.58. The molecule has 0 radical (unpaired) electrons. The maximum atomic E-state index is 12.7. The molecule has 3 aromatic rings. The van der Waals surface area contributed by atoms with Crippen LogP contribution in [0.5, 0.6) is 5.75 Å². The van der Waals surface area contributed by atoms with Gasteiger partial charge in [0, 0.05) is 23.1 Å². The van der Waals surface area contributed by atoms with Gasteiger partial charge in [-0.3, -0.25) is 4.79 Å². The first-order chi connectivity index (χ1) is 10.6. The van der Waals surface area contributed by atoms with Gasteiger partial charge in [-0.05, 0) is 26.2 Å². The van der Waals surface area contributed by atoms with Crippen molar-refractivity contribution in [2.75, 3.05) is 14.1 Å². The zero-order valence-corrected chi connectivity index (χ0v) is 13.8. The second-order valence-electron chi connectivity index (χ2n) is 5.52. The van der Waals surface area contributed by atoms with Crippen LogP contribution in [0, 0.1) is 0 Å². The van der Waals surface area contributed by atoms with Gasteiger partial charge in [0.25, 0.3) is 0 Å². The van der Waals surface area contributed by atoms with Crippen LogP contribution >= 0.6 is 12.4 Å². The summed E-state index contributed by atoms with van der Waals surface area (Å²) in [6, 6.07) is 12.4. The second kappa shape index (κ2) is 6.86. The highest BCUT2D eigenvalue weighted by atomic mass is 35.5. The van der Waals surface area contributed by atoms with Crippen LogP contribution in [0.2, 0.25) is 0 Å². The van der Waals surface area contributed by atoms with E-state index in [2.05, 4.69) is 0 Å². The number of rotatable bonds is 4. The SMILES string of the molecule is CN(C)Cc1c(O)ccc2occ(C(=O)c3ccccc3)c12.Cl. The second-order valence-corrected chi connectivity index (χ2v) is 5.52. The van der Waals surface area contributed by atoms with Crippen LogP contribution in [-0.4, -0.2) is 29.9 Å². The van der Waals surface area contributed by atoms with E-state index in [1.165, 1.54) is 6.26 Å². The fraction of sp³-hybridized carbons (Fsp3) is 0.167. The van der Waals surface area contributed by atoms with E-state index in [-0.39, 0.29) is 23.9 Å². The molecule has 0 bridgehead atoms. The van der Waals surface area contributed by atoms with Gasteiger partial charge in [0.1, 0.15) is 17.6 Å². The van der Waals surface area contributed by atoms with Crippen LogP contribution in [0.25, 0.3) is 11.0 Å². The lowest BCUT2D eigenvalue weighted by Crippen LogP contribution is -2.12. The van der Waals surface area contributed by atoms with Crippen molar-refractivity contribution in [1.82, 2.24) is 4.90 Å². The van der Waals surface area contributed by atoms with E-state index in [1.807, 2.05) is 37.2 Å². The average molecular weight is 332 g/mol. The van der Waals surface area contributed by atoms with Crippen LogP contribution in [0.3, 0.4) is 0 Å². The van der Waals surface area contributed by atoms with Gasteiger partial charge in [-0.1, -0.05) is 30.3 Å². The van der Waals surface area contributed by atoms with Crippen molar-refractivity contribution >= 4 is 29.2 Å². The van der Waals surface area contributed by atoms with Crippen LogP contribution in [0.4, 0.5) is 0 Å². The van der Waals surface area contributed by atoms with Crippen molar-refractivity contribution in [2.45, 2.75) is 6.54 Å². The van der Waals surface area contributed by atoms with Crippen molar-refractivity contribution in [1.29, 1.82) is 0 Å². The third kappa shape index (κ3) is 3.23. The molecule has 23 heavy (non-hydrogen) atoms. The molecule has 5 heteroatoms. The largest absolute Gasteiger partial charge is 0.508 e. The Kier molecular flexibility index (Phi) is 5.08. The zero-order valence-electron chi connectivity index (χ0n) is 12.9. The van der Waals surface area contributed by atoms with E-state index in [1.54, 1.807) is 24.3 Å². The van der Waals surface area contributed by atoms with E-state index in [4.69, 9.17) is 4.42 Å². The number of furan rings is 1. The van der Waals surface area contributed by atoms with E-state index < -0.39 is 0 Å². The predicted octanol–water partition coefficient (Wildman–Crippen LogP) is 3.85. The number of phenols is 1. The summed E-state index contributed by atoms with van der Waals surface area (Å²) < 4.78 is 5.52. The van der Waals surface area contributed by atoms with E-state index in [0.29, 0.717) is 34.2 Å². The minimum Gasteiger partial charge on any atom is -0.508 e. The minimum absolute atomic E-state index is 0. The molecule has 0 spiro atoms. The molecule has 120 valence electrons. The standard InChI is InChI=1S/C18H17NO3.ClH/c1-19(2)10-13-15(20)8-9-16-17(13)14(11-22-16)18(21)12-6-4-3-5-7-12;/h3-9,11,20H,10H2,1-2H3;1H. The van der Waals surface area contributed by atoms with Gasteiger partial charge < -0.3 is 14.4 Å². The molecular formula is C18H18ClNO3. The third-order valence-corrected chi connectivity index (χ3v) is 3.58. The molecule has 0 amide bonds. The molecule has 0 saturated heterocycles. The summed E-state index contributed by atoms with van der Waals surface area (Å²) in [5.74, 6) is 0.0645. The summed E-state index contributed by atoms with van der Waals surface area (Å²) in [5, 5.41) is 10.9. The summed E-state index contributed by atoms with van der Waals surface area (Å²) >= 11 is 0. The van der Waals surface area contributed by atoms with Crippen LogP contribution in [0.15, 0.2) is 53.1 Å². The zero-order chi connectivity index (χ0) is 15.7. The smallest absolute Gasteiger partial charge is 0.196 e. The maximum Gasteiger partial charge on any atom is 0.196 e. The molecule has 0 atom stereocenters. The van der Waals surface area contributed by atoms with Crippen molar-refractivity contribution < 1.29 is 14.3 Å². The lowest BCUT2D eigenvalue weighted by molar-refractivity contribution is 0.103. The molecule has 4 nitrogen and oxygen atoms in total. The van der Waals surface area contributed by atoms with E-state index in [0.717, 1.165) is 0 Å². The number of phenolic OH excluding ortho intramolecular Hbond substituents is 1. The first-order valence-electron chi connectivity index (χ1n) is 7.04. The Bertz CT molecular complexity index is 825. The molecule has 2 aromatic carbocycles. The molecule has 1 N–H and O–H groups in total. The number of fused-ring (bicyclic) bond motifs is 1. The maximum absolute atomic E-state index is 12.7. The number of carbonyl (C=O) groups is 1. The Morgan fingerprint density at radius 3 is 2.48 bits per heavy atom.